The summed E-state index contributed by atoms with van der Waals surface area (Å²) in [5.74, 6) is -1.21. The van der Waals surface area contributed by atoms with E-state index in [0.29, 0.717) is 12.5 Å². The molecule has 0 spiro atoms. The number of halogens is 4. The summed E-state index contributed by atoms with van der Waals surface area (Å²) in [5, 5.41) is 0. The lowest BCUT2D eigenvalue weighted by atomic mass is 9.79. The first-order chi connectivity index (χ1) is 7.80. The Hall–Kier alpha value is -1.46. The Morgan fingerprint density at radius 2 is 2.00 bits per heavy atom. The average Bonchev–Trinajstić information content (AvgIpc) is 2.15. The normalized spacial score (nSPS) is 11.4. The molecule has 1 aromatic rings. The summed E-state index contributed by atoms with van der Waals surface area (Å²) in [6, 6.07) is 2.23. The molecule has 94 valence electrons. The van der Waals surface area contributed by atoms with Gasteiger partial charge in [-0.25, -0.2) is 4.39 Å². The Morgan fingerprint density at radius 1 is 1.35 bits per heavy atom. The number of hydrogen-bond donors (Lipinski definition) is 0. The van der Waals surface area contributed by atoms with Crippen LogP contribution in [0.25, 0.3) is 0 Å². The SMILES string of the molecule is C=C(C)CCOc1cc(F)ccc1[B-](F)(F)F. The van der Waals surface area contributed by atoms with Gasteiger partial charge >= 0.3 is 6.98 Å². The third-order valence-electron chi connectivity index (χ3n) is 2.11. The molecule has 0 heterocycles. The van der Waals surface area contributed by atoms with Gasteiger partial charge in [0.1, 0.15) is 5.82 Å². The smallest absolute Gasteiger partial charge is 0.496 e. The Balaban J connectivity index is 2.88. The summed E-state index contributed by atoms with van der Waals surface area (Å²) in [7, 11) is 0. The van der Waals surface area contributed by atoms with E-state index in [1.54, 1.807) is 6.92 Å². The zero-order chi connectivity index (χ0) is 13.1. The van der Waals surface area contributed by atoms with Crippen LogP contribution in [0.3, 0.4) is 0 Å². The van der Waals surface area contributed by atoms with Gasteiger partial charge in [-0.1, -0.05) is 17.1 Å². The van der Waals surface area contributed by atoms with E-state index in [4.69, 9.17) is 4.74 Å². The van der Waals surface area contributed by atoms with Crippen molar-refractivity contribution < 1.29 is 22.1 Å². The van der Waals surface area contributed by atoms with Gasteiger partial charge in [-0.2, -0.15) is 0 Å². The molecule has 6 heteroatoms. The van der Waals surface area contributed by atoms with Crippen LogP contribution in [0.5, 0.6) is 5.75 Å². The fourth-order valence-corrected chi connectivity index (χ4v) is 1.24. The van der Waals surface area contributed by atoms with Crippen LogP contribution in [0, 0.1) is 5.82 Å². The van der Waals surface area contributed by atoms with Crippen LogP contribution in [-0.2, 0) is 0 Å². The summed E-state index contributed by atoms with van der Waals surface area (Å²) >= 11 is 0. The Bertz CT molecular complexity index is 414. The number of hydrogen-bond acceptors (Lipinski definition) is 1. The summed E-state index contributed by atoms with van der Waals surface area (Å²) in [4.78, 5) is 0. The standard InChI is InChI=1S/C11H12BF4O/c1-8(2)5-6-17-11-7-9(13)3-4-10(11)12(14,15)16/h3-4,7H,1,5-6H2,2H3/q-1. The van der Waals surface area contributed by atoms with E-state index < -0.39 is 24.0 Å². The van der Waals surface area contributed by atoms with Crippen molar-refractivity contribution in [2.45, 2.75) is 13.3 Å². The van der Waals surface area contributed by atoms with E-state index in [1.165, 1.54) is 0 Å². The highest BCUT2D eigenvalue weighted by molar-refractivity contribution is 6.74. The summed E-state index contributed by atoms with van der Waals surface area (Å²) < 4.78 is 55.6. The average molecular weight is 247 g/mol. The maximum atomic E-state index is 12.9. The summed E-state index contributed by atoms with van der Waals surface area (Å²) in [5.41, 5.74) is -0.117. The van der Waals surface area contributed by atoms with E-state index in [2.05, 4.69) is 6.58 Å². The van der Waals surface area contributed by atoms with E-state index >= 15 is 0 Å². The second-order valence-electron chi connectivity index (χ2n) is 3.81. The largest absolute Gasteiger partial charge is 0.513 e. The molecule has 0 amide bonds. The highest BCUT2D eigenvalue weighted by Crippen LogP contribution is 2.19. The summed E-state index contributed by atoms with van der Waals surface area (Å²) in [6.07, 6.45) is 0.431. The number of ether oxygens (including phenoxy) is 1. The van der Waals surface area contributed by atoms with Gasteiger partial charge in [0.25, 0.3) is 0 Å². The van der Waals surface area contributed by atoms with Crippen molar-refractivity contribution >= 4 is 12.4 Å². The highest BCUT2D eigenvalue weighted by Gasteiger charge is 2.29. The lowest BCUT2D eigenvalue weighted by Gasteiger charge is -2.19. The Labute approximate surface area is 97.1 Å². The lowest BCUT2D eigenvalue weighted by Crippen LogP contribution is -2.35. The molecule has 0 unspecified atom stereocenters. The first-order valence-corrected chi connectivity index (χ1v) is 5.07. The van der Waals surface area contributed by atoms with Crippen molar-refractivity contribution in [1.82, 2.24) is 0 Å². The third-order valence-corrected chi connectivity index (χ3v) is 2.11. The maximum absolute atomic E-state index is 12.9. The predicted octanol–water partition coefficient (Wildman–Crippen LogP) is 3.23. The van der Waals surface area contributed by atoms with E-state index in [0.717, 1.165) is 17.7 Å². The van der Waals surface area contributed by atoms with Gasteiger partial charge in [-0.3, -0.25) is 0 Å². The molecule has 1 aromatic carbocycles. The maximum Gasteiger partial charge on any atom is 0.513 e. The molecule has 0 aliphatic carbocycles. The molecule has 0 aromatic heterocycles. The molecule has 0 radical (unpaired) electrons. The molecule has 1 rings (SSSR count). The molecule has 0 atom stereocenters. The van der Waals surface area contributed by atoms with Gasteiger partial charge in [-0.05, 0) is 13.0 Å². The van der Waals surface area contributed by atoms with Gasteiger partial charge in [0, 0.05) is 12.5 Å². The number of benzene rings is 1. The molecule has 0 fully saturated rings. The molecule has 0 aliphatic rings. The van der Waals surface area contributed by atoms with Gasteiger partial charge in [0.2, 0.25) is 0 Å². The zero-order valence-corrected chi connectivity index (χ0v) is 9.35. The van der Waals surface area contributed by atoms with Crippen molar-refractivity contribution in [2.75, 3.05) is 6.61 Å². The van der Waals surface area contributed by atoms with Crippen LogP contribution in [0.2, 0.25) is 0 Å². The predicted molar refractivity (Wildman–Crippen MR) is 60.0 cm³/mol. The quantitative estimate of drug-likeness (QED) is 0.441. The van der Waals surface area contributed by atoms with E-state index in [1.807, 2.05) is 0 Å². The fraction of sp³-hybridized carbons (Fsp3) is 0.273. The molecule has 0 saturated heterocycles. The van der Waals surface area contributed by atoms with E-state index in [-0.39, 0.29) is 6.61 Å². The lowest BCUT2D eigenvalue weighted by molar-refractivity contribution is 0.320. The second kappa shape index (κ2) is 5.25. The van der Waals surface area contributed by atoms with Crippen LogP contribution in [0.4, 0.5) is 17.3 Å². The molecule has 0 saturated carbocycles. The first kappa shape index (κ1) is 13.6. The van der Waals surface area contributed by atoms with Crippen molar-refractivity contribution in [3.05, 3.63) is 36.2 Å². The van der Waals surface area contributed by atoms with Crippen LogP contribution in [-0.4, -0.2) is 13.6 Å². The van der Waals surface area contributed by atoms with Gasteiger partial charge < -0.3 is 17.7 Å². The van der Waals surface area contributed by atoms with Crippen molar-refractivity contribution in [3.8, 4) is 5.75 Å². The minimum Gasteiger partial charge on any atom is -0.496 e. The first-order valence-electron chi connectivity index (χ1n) is 5.07. The molecule has 17 heavy (non-hydrogen) atoms. The monoisotopic (exact) mass is 247 g/mol. The Kier molecular flexibility index (Phi) is 4.20. The zero-order valence-electron chi connectivity index (χ0n) is 9.35. The van der Waals surface area contributed by atoms with Crippen LogP contribution in [0.15, 0.2) is 30.4 Å². The molecular weight excluding hydrogens is 235 g/mol. The highest BCUT2D eigenvalue weighted by atomic mass is 19.4. The van der Waals surface area contributed by atoms with Gasteiger partial charge in [-0.15, -0.1) is 6.58 Å². The molecular formula is C11H12BF4O-. The third kappa shape index (κ3) is 4.13. The number of rotatable bonds is 5. The molecule has 0 N–H and O–H groups in total. The minimum absolute atomic E-state index is 0.0535. The van der Waals surface area contributed by atoms with Crippen LogP contribution < -0.4 is 10.2 Å². The van der Waals surface area contributed by atoms with Gasteiger partial charge in [0.15, 0.2) is 0 Å². The second-order valence-corrected chi connectivity index (χ2v) is 3.81. The summed E-state index contributed by atoms with van der Waals surface area (Å²) in [6.45, 7) is 0.197. The Morgan fingerprint density at radius 3 is 2.53 bits per heavy atom. The fourth-order valence-electron chi connectivity index (χ4n) is 1.24. The van der Waals surface area contributed by atoms with Gasteiger partial charge in [0.05, 0.1) is 12.4 Å². The van der Waals surface area contributed by atoms with Crippen molar-refractivity contribution in [1.29, 1.82) is 0 Å². The molecule has 1 nitrogen and oxygen atoms in total. The minimum atomic E-state index is -5.20. The van der Waals surface area contributed by atoms with Crippen LogP contribution >= 0.6 is 0 Å². The molecule has 0 bridgehead atoms. The van der Waals surface area contributed by atoms with E-state index in [9.17, 15) is 17.3 Å². The topological polar surface area (TPSA) is 9.23 Å². The van der Waals surface area contributed by atoms with Crippen molar-refractivity contribution in [2.24, 2.45) is 0 Å². The molecule has 0 aliphatic heterocycles. The van der Waals surface area contributed by atoms with Crippen molar-refractivity contribution in [3.63, 3.8) is 0 Å². The van der Waals surface area contributed by atoms with Crippen LogP contribution in [0.1, 0.15) is 13.3 Å².